The molecule has 1 saturated heterocycles. The third kappa shape index (κ3) is 4.75. The third-order valence-corrected chi connectivity index (χ3v) is 5.96. The van der Waals surface area contributed by atoms with E-state index in [1.54, 1.807) is 0 Å². The zero-order valence-corrected chi connectivity index (χ0v) is 17.0. The number of likely N-dealkylation sites (tertiary alicyclic amines) is 1. The van der Waals surface area contributed by atoms with Crippen LogP contribution in [0, 0.1) is 4.77 Å². The van der Waals surface area contributed by atoms with Crippen molar-refractivity contribution < 1.29 is 0 Å². The summed E-state index contributed by atoms with van der Waals surface area (Å²) in [6.07, 6.45) is 9.44. The second kappa shape index (κ2) is 9.26. The molecule has 3 heterocycles. The highest BCUT2D eigenvalue weighted by Gasteiger charge is 2.23. The van der Waals surface area contributed by atoms with Crippen LogP contribution in [0.1, 0.15) is 30.5 Å². The maximum atomic E-state index is 5.69. The fraction of sp³-hybridized carbons (Fsp3) is 0.409. The predicted octanol–water partition coefficient (Wildman–Crippen LogP) is 4.11. The first-order valence-electron chi connectivity index (χ1n) is 10.1. The molecule has 0 saturated carbocycles. The summed E-state index contributed by atoms with van der Waals surface area (Å²) < 4.78 is 4.82. The fourth-order valence-electron chi connectivity index (χ4n) is 3.94. The lowest BCUT2D eigenvalue weighted by Crippen LogP contribution is -2.42. The van der Waals surface area contributed by atoms with Crippen LogP contribution in [-0.2, 0) is 26.1 Å². The minimum Gasteiger partial charge on any atom is -0.306 e. The summed E-state index contributed by atoms with van der Waals surface area (Å²) in [5.41, 5.74) is 2.49. The van der Waals surface area contributed by atoms with Crippen molar-refractivity contribution in [3.63, 3.8) is 0 Å². The lowest BCUT2D eigenvalue weighted by Gasteiger charge is -2.35. The van der Waals surface area contributed by atoms with Gasteiger partial charge in [-0.3, -0.25) is 9.88 Å². The van der Waals surface area contributed by atoms with Gasteiger partial charge in [0, 0.05) is 37.4 Å². The Kier molecular flexibility index (Phi) is 6.29. The van der Waals surface area contributed by atoms with Gasteiger partial charge in [-0.05, 0) is 49.2 Å². The highest BCUT2D eigenvalue weighted by Crippen LogP contribution is 2.21. The summed E-state index contributed by atoms with van der Waals surface area (Å²) in [4.78, 5) is 6.93. The minimum atomic E-state index is 0.553. The number of hydrogen-bond acceptors (Lipinski definition) is 4. The molecule has 0 amide bonds. The van der Waals surface area contributed by atoms with Crippen molar-refractivity contribution in [3.8, 4) is 0 Å². The number of hydrogen-bond donors (Lipinski definition) is 0. The van der Waals surface area contributed by atoms with Crippen LogP contribution < -0.4 is 0 Å². The molecular formula is C22H27N5S. The second-order valence-electron chi connectivity index (χ2n) is 7.47. The van der Waals surface area contributed by atoms with Crippen molar-refractivity contribution in [3.05, 3.63) is 77.1 Å². The van der Waals surface area contributed by atoms with E-state index in [1.807, 2.05) is 29.3 Å². The molecule has 1 atom stereocenters. The molecule has 0 bridgehead atoms. The summed E-state index contributed by atoms with van der Waals surface area (Å²) in [5, 5.41) is 4.58. The minimum absolute atomic E-state index is 0.553. The predicted molar refractivity (Wildman–Crippen MR) is 113 cm³/mol. The first-order valence-corrected chi connectivity index (χ1v) is 10.5. The Morgan fingerprint density at radius 2 is 1.89 bits per heavy atom. The van der Waals surface area contributed by atoms with Gasteiger partial charge in [0.1, 0.15) is 6.33 Å². The lowest BCUT2D eigenvalue weighted by atomic mass is 9.96. The number of benzene rings is 1. The Morgan fingerprint density at radius 1 is 1.04 bits per heavy atom. The highest BCUT2D eigenvalue weighted by molar-refractivity contribution is 7.71. The van der Waals surface area contributed by atoms with Crippen LogP contribution in [-0.4, -0.2) is 36.8 Å². The Bertz CT molecular complexity index is 919. The van der Waals surface area contributed by atoms with Crippen LogP contribution >= 0.6 is 12.2 Å². The second-order valence-corrected chi connectivity index (χ2v) is 7.84. The van der Waals surface area contributed by atoms with Gasteiger partial charge in [-0.1, -0.05) is 42.8 Å². The van der Waals surface area contributed by atoms with Gasteiger partial charge in [0.25, 0.3) is 0 Å². The molecule has 0 radical (unpaired) electrons. The van der Waals surface area contributed by atoms with Gasteiger partial charge < -0.3 is 4.57 Å². The van der Waals surface area contributed by atoms with Gasteiger partial charge >= 0.3 is 0 Å². The summed E-state index contributed by atoms with van der Waals surface area (Å²) in [5.74, 6) is 0. The Labute approximate surface area is 171 Å². The van der Waals surface area contributed by atoms with Crippen molar-refractivity contribution in [2.24, 2.45) is 0 Å². The number of nitrogens with zero attached hydrogens (tertiary/aromatic N) is 5. The van der Waals surface area contributed by atoms with Crippen LogP contribution in [0.4, 0.5) is 0 Å². The SMILES string of the molecule is S=c1n(CCc2ccccn2)cnn1CN1CCCCC1Cc1ccccc1. The van der Waals surface area contributed by atoms with Crippen LogP contribution in [0.2, 0.25) is 0 Å². The van der Waals surface area contributed by atoms with Gasteiger partial charge in [0.2, 0.25) is 0 Å². The van der Waals surface area contributed by atoms with Crippen molar-refractivity contribution in [2.75, 3.05) is 6.54 Å². The van der Waals surface area contributed by atoms with Crippen LogP contribution in [0.5, 0.6) is 0 Å². The van der Waals surface area contributed by atoms with Crippen LogP contribution in [0.25, 0.3) is 0 Å². The third-order valence-electron chi connectivity index (χ3n) is 5.51. The lowest BCUT2D eigenvalue weighted by molar-refractivity contribution is 0.103. The van der Waals surface area contributed by atoms with Crippen molar-refractivity contribution in [1.82, 2.24) is 24.2 Å². The normalized spacial score (nSPS) is 17.6. The first kappa shape index (κ1) is 19.0. The molecule has 5 nitrogen and oxygen atoms in total. The molecule has 1 unspecified atom stereocenters. The van der Waals surface area contributed by atoms with E-state index < -0.39 is 0 Å². The highest BCUT2D eigenvalue weighted by atomic mass is 32.1. The molecule has 6 heteroatoms. The summed E-state index contributed by atoms with van der Waals surface area (Å²) >= 11 is 5.69. The number of rotatable bonds is 7. The topological polar surface area (TPSA) is 38.9 Å². The molecule has 0 aliphatic carbocycles. The fourth-order valence-corrected chi connectivity index (χ4v) is 4.18. The number of aryl methyl sites for hydroxylation is 2. The zero-order chi connectivity index (χ0) is 19.2. The van der Waals surface area contributed by atoms with Gasteiger partial charge in [-0.25, -0.2) is 4.68 Å². The van der Waals surface area contributed by atoms with E-state index in [0.29, 0.717) is 6.04 Å². The number of piperidine rings is 1. The van der Waals surface area contributed by atoms with E-state index in [-0.39, 0.29) is 0 Å². The molecule has 1 aromatic carbocycles. The number of pyridine rings is 1. The monoisotopic (exact) mass is 393 g/mol. The van der Waals surface area contributed by atoms with Gasteiger partial charge in [-0.2, -0.15) is 5.10 Å². The van der Waals surface area contributed by atoms with Crippen molar-refractivity contribution >= 4 is 12.2 Å². The van der Waals surface area contributed by atoms with E-state index in [9.17, 15) is 0 Å². The maximum Gasteiger partial charge on any atom is 0.198 e. The zero-order valence-electron chi connectivity index (χ0n) is 16.2. The Hall–Kier alpha value is -2.31. The number of aromatic nitrogens is 4. The quantitative estimate of drug-likeness (QED) is 0.567. The average molecular weight is 394 g/mol. The molecule has 146 valence electrons. The summed E-state index contributed by atoms with van der Waals surface area (Å²) in [7, 11) is 0. The molecule has 0 spiro atoms. The van der Waals surface area contributed by atoms with Gasteiger partial charge in [0.15, 0.2) is 4.77 Å². The molecule has 2 aromatic heterocycles. The van der Waals surface area contributed by atoms with Gasteiger partial charge in [0.05, 0.1) is 6.67 Å². The molecule has 0 N–H and O–H groups in total. The Morgan fingerprint density at radius 3 is 2.71 bits per heavy atom. The van der Waals surface area contributed by atoms with Crippen molar-refractivity contribution in [1.29, 1.82) is 0 Å². The molecule has 3 aromatic rings. The average Bonchev–Trinajstić information content (AvgIpc) is 3.09. The maximum absolute atomic E-state index is 5.69. The van der Waals surface area contributed by atoms with Crippen LogP contribution in [0.3, 0.4) is 0 Å². The molecule has 1 aliphatic heterocycles. The molecule has 1 fully saturated rings. The summed E-state index contributed by atoms with van der Waals surface area (Å²) in [6, 6.07) is 17.4. The standard InChI is InChI=1S/C22H27N5S/c28-22-25(15-12-20-10-4-6-13-23-20)17-24-27(22)18-26-14-7-5-11-21(26)16-19-8-2-1-3-9-19/h1-4,6,8-10,13,17,21H,5,7,11-12,14-16,18H2. The van der Waals surface area contributed by atoms with E-state index >= 15 is 0 Å². The van der Waals surface area contributed by atoms with E-state index in [2.05, 4.69) is 55.9 Å². The smallest absolute Gasteiger partial charge is 0.198 e. The molecule has 28 heavy (non-hydrogen) atoms. The van der Waals surface area contributed by atoms with Crippen molar-refractivity contribution in [2.45, 2.75) is 51.4 Å². The molecular weight excluding hydrogens is 366 g/mol. The molecule has 1 aliphatic rings. The molecule has 4 rings (SSSR count). The largest absolute Gasteiger partial charge is 0.306 e. The van der Waals surface area contributed by atoms with Gasteiger partial charge in [-0.15, -0.1) is 0 Å². The van der Waals surface area contributed by atoms with Crippen LogP contribution in [0.15, 0.2) is 61.1 Å². The van der Waals surface area contributed by atoms with E-state index in [0.717, 1.165) is 43.1 Å². The van der Waals surface area contributed by atoms with E-state index in [4.69, 9.17) is 12.2 Å². The summed E-state index contributed by atoms with van der Waals surface area (Å²) in [6.45, 7) is 2.69. The van der Waals surface area contributed by atoms with E-state index in [1.165, 1.54) is 24.8 Å². The first-order chi connectivity index (χ1) is 13.8. The Balaban J connectivity index is 1.41.